The maximum Gasteiger partial charge on any atom is 0.411 e. The highest BCUT2D eigenvalue weighted by Gasteiger charge is 2.45. The molecule has 0 aromatic carbocycles. The second kappa shape index (κ2) is 5.42. The lowest BCUT2D eigenvalue weighted by molar-refractivity contribution is -0.145. The van der Waals surface area contributed by atoms with E-state index in [4.69, 9.17) is 4.74 Å². The van der Waals surface area contributed by atoms with Gasteiger partial charge in [0.15, 0.2) is 0 Å². The van der Waals surface area contributed by atoms with Crippen molar-refractivity contribution in [2.75, 3.05) is 6.61 Å². The summed E-state index contributed by atoms with van der Waals surface area (Å²) in [5.41, 5.74) is 0. The fourth-order valence-electron chi connectivity index (χ4n) is 3.17. The van der Waals surface area contributed by atoms with Gasteiger partial charge < -0.3 is 9.84 Å². The number of carboxylic acid groups (broad SMARTS) is 1. The van der Waals surface area contributed by atoms with E-state index < -0.39 is 18.1 Å². The number of hydrogen-bond acceptors (Lipinski definition) is 3. The topological polar surface area (TPSA) is 66.8 Å². The van der Waals surface area contributed by atoms with Crippen LogP contribution in [0.25, 0.3) is 0 Å². The molecule has 2 fully saturated rings. The summed E-state index contributed by atoms with van der Waals surface area (Å²) in [7, 11) is 0. The van der Waals surface area contributed by atoms with E-state index in [2.05, 4.69) is 6.58 Å². The Hall–Kier alpha value is -1.52. The van der Waals surface area contributed by atoms with E-state index >= 15 is 0 Å². The summed E-state index contributed by atoms with van der Waals surface area (Å²) in [5.74, 6) is -0.493. The van der Waals surface area contributed by atoms with Crippen LogP contribution in [0.2, 0.25) is 0 Å². The van der Waals surface area contributed by atoms with Crippen LogP contribution in [0.5, 0.6) is 0 Å². The van der Waals surface area contributed by atoms with Gasteiger partial charge in [0.05, 0.1) is 0 Å². The third-order valence-electron chi connectivity index (χ3n) is 3.94. The van der Waals surface area contributed by atoms with Gasteiger partial charge in [-0.05, 0) is 31.6 Å². The largest absolute Gasteiger partial charge is 0.480 e. The molecule has 2 rings (SSSR count). The van der Waals surface area contributed by atoms with Gasteiger partial charge >= 0.3 is 12.1 Å². The Morgan fingerprint density at radius 3 is 2.78 bits per heavy atom. The zero-order valence-corrected chi connectivity index (χ0v) is 10.4. The van der Waals surface area contributed by atoms with Gasteiger partial charge in [0.1, 0.15) is 12.6 Å². The molecule has 3 atom stereocenters. The van der Waals surface area contributed by atoms with Crippen LogP contribution in [-0.2, 0) is 9.53 Å². The third-order valence-corrected chi connectivity index (χ3v) is 3.94. The van der Waals surface area contributed by atoms with Crippen molar-refractivity contribution in [3.8, 4) is 0 Å². The number of rotatable bonds is 3. The average Bonchev–Trinajstić information content (AvgIpc) is 2.82. The fraction of sp³-hybridized carbons (Fsp3) is 0.692. The highest BCUT2D eigenvalue weighted by molar-refractivity contribution is 5.80. The molecule has 100 valence electrons. The lowest BCUT2D eigenvalue weighted by Crippen LogP contribution is -2.55. The van der Waals surface area contributed by atoms with Crippen molar-refractivity contribution in [1.29, 1.82) is 0 Å². The number of piperidine rings is 1. The Balaban J connectivity index is 2.14. The van der Waals surface area contributed by atoms with Gasteiger partial charge in [0, 0.05) is 6.04 Å². The van der Waals surface area contributed by atoms with Crippen LogP contribution in [0.3, 0.4) is 0 Å². The van der Waals surface area contributed by atoms with Crippen molar-refractivity contribution < 1.29 is 19.4 Å². The van der Waals surface area contributed by atoms with Gasteiger partial charge in [-0.25, -0.2) is 9.59 Å². The molecular weight excluding hydrogens is 234 g/mol. The molecule has 18 heavy (non-hydrogen) atoms. The molecule has 1 aliphatic carbocycles. The molecule has 0 aromatic rings. The maximum atomic E-state index is 12.0. The number of carbonyl (C=O) groups is 2. The number of nitrogens with zero attached hydrogens (tertiary/aromatic N) is 1. The number of fused-ring (bicyclic) bond motifs is 1. The summed E-state index contributed by atoms with van der Waals surface area (Å²) in [6.07, 6.45) is 5.43. The molecule has 1 saturated carbocycles. The first-order valence-electron chi connectivity index (χ1n) is 6.44. The summed E-state index contributed by atoms with van der Waals surface area (Å²) in [4.78, 5) is 24.7. The molecule has 5 nitrogen and oxygen atoms in total. The van der Waals surface area contributed by atoms with Crippen molar-refractivity contribution in [1.82, 2.24) is 4.90 Å². The molecule has 3 unspecified atom stereocenters. The molecular formula is C13H19NO4. The van der Waals surface area contributed by atoms with Crippen molar-refractivity contribution in [2.24, 2.45) is 5.92 Å². The van der Waals surface area contributed by atoms with E-state index in [1.54, 1.807) is 0 Å². The van der Waals surface area contributed by atoms with Crippen LogP contribution in [-0.4, -0.2) is 40.8 Å². The highest BCUT2D eigenvalue weighted by Crippen LogP contribution is 2.39. The fourth-order valence-corrected chi connectivity index (χ4v) is 3.17. The van der Waals surface area contributed by atoms with E-state index in [1.807, 2.05) is 0 Å². The zero-order valence-electron chi connectivity index (χ0n) is 10.4. The highest BCUT2D eigenvalue weighted by atomic mass is 16.6. The Labute approximate surface area is 106 Å². The van der Waals surface area contributed by atoms with Crippen LogP contribution in [0.15, 0.2) is 12.7 Å². The number of carboxylic acids is 1. The quantitative estimate of drug-likeness (QED) is 0.781. The first kappa shape index (κ1) is 12.9. The van der Waals surface area contributed by atoms with Gasteiger partial charge in [-0.3, -0.25) is 4.90 Å². The SMILES string of the molecule is C=CCOC(=O)N1C(C(=O)O)CCC2CCCC21. The minimum Gasteiger partial charge on any atom is -0.480 e. The van der Waals surface area contributed by atoms with Gasteiger partial charge in [-0.1, -0.05) is 19.1 Å². The molecule has 1 saturated heterocycles. The zero-order chi connectivity index (χ0) is 13.1. The minimum atomic E-state index is -0.934. The lowest BCUT2D eigenvalue weighted by atomic mass is 9.88. The normalized spacial score (nSPS) is 30.7. The van der Waals surface area contributed by atoms with Crippen LogP contribution < -0.4 is 0 Å². The first-order valence-corrected chi connectivity index (χ1v) is 6.44. The summed E-state index contributed by atoms with van der Waals surface area (Å²) >= 11 is 0. The Kier molecular flexibility index (Phi) is 3.89. The number of amides is 1. The van der Waals surface area contributed by atoms with E-state index in [0.29, 0.717) is 12.3 Å². The maximum absolute atomic E-state index is 12.0. The molecule has 1 aliphatic heterocycles. The van der Waals surface area contributed by atoms with E-state index in [9.17, 15) is 14.7 Å². The third kappa shape index (κ3) is 2.35. The van der Waals surface area contributed by atoms with Crippen LogP contribution >= 0.6 is 0 Å². The predicted molar refractivity (Wildman–Crippen MR) is 65.2 cm³/mol. The van der Waals surface area contributed by atoms with Crippen molar-refractivity contribution in [3.05, 3.63) is 12.7 Å². The van der Waals surface area contributed by atoms with Crippen molar-refractivity contribution in [3.63, 3.8) is 0 Å². The number of carbonyl (C=O) groups excluding carboxylic acids is 1. The van der Waals surface area contributed by atoms with E-state index in [1.165, 1.54) is 11.0 Å². The standard InChI is InChI=1S/C13H19NO4/c1-2-8-18-13(17)14-10-5-3-4-9(10)6-7-11(14)12(15)16/h2,9-11H,1,3-8H2,(H,15,16). The number of aliphatic carboxylic acids is 1. The summed E-state index contributed by atoms with van der Waals surface area (Å²) in [6.45, 7) is 3.61. The monoisotopic (exact) mass is 253 g/mol. The number of hydrogen-bond donors (Lipinski definition) is 1. The van der Waals surface area contributed by atoms with Crippen LogP contribution in [0.4, 0.5) is 4.79 Å². The van der Waals surface area contributed by atoms with Crippen molar-refractivity contribution >= 4 is 12.1 Å². The average molecular weight is 253 g/mol. The molecule has 0 spiro atoms. The van der Waals surface area contributed by atoms with E-state index in [-0.39, 0.29) is 12.6 Å². The predicted octanol–water partition coefficient (Wildman–Crippen LogP) is 2.03. The molecule has 1 N–H and O–H groups in total. The Morgan fingerprint density at radius 1 is 1.33 bits per heavy atom. The van der Waals surface area contributed by atoms with Gasteiger partial charge in [-0.15, -0.1) is 0 Å². The lowest BCUT2D eigenvalue weighted by Gasteiger charge is -2.40. The summed E-state index contributed by atoms with van der Waals surface area (Å²) in [5, 5.41) is 9.23. The summed E-state index contributed by atoms with van der Waals surface area (Å²) < 4.78 is 5.02. The Morgan fingerprint density at radius 2 is 2.11 bits per heavy atom. The van der Waals surface area contributed by atoms with Gasteiger partial charge in [-0.2, -0.15) is 0 Å². The minimum absolute atomic E-state index is 0.0390. The molecule has 1 amide bonds. The smallest absolute Gasteiger partial charge is 0.411 e. The second-order valence-corrected chi connectivity index (χ2v) is 4.96. The van der Waals surface area contributed by atoms with Gasteiger partial charge in [0.25, 0.3) is 0 Å². The Bertz CT molecular complexity index is 355. The molecule has 5 heteroatoms. The first-order chi connectivity index (χ1) is 8.65. The number of ether oxygens (including phenoxy) is 1. The second-order valence-electron chi connectivity index (χ2n) is 4.96. The molecule has 0 bridgehead atoms. The van der Waals surface area contributed by atoms with E-state index in [0.717, 1.165) is 25.7 Å². The van der Waals surface area contributed by atoms with Crippen LogP contribution in [0.1, 0.15) is 32.1 Å². The number of likely N-dealkylation sites (tertiary alicyclic amines) is 1. The molecule has 2 aliphatic rings. The molecule has 1 heterocycles. The summed E-state index contributed by atoms with van der Waals surface area (Å²) in [6, 6.07) is -0.696. The molecule has 0 radical (unpaired) electrons. The molecule has 0 aromatic heterocycles. The van der Waals surface area contributed by atoms with Gasteiger partial charge in [0.2, 0.25) is 0 Å². The van der Waals surface area contributed by atoms with Crippen molar-refractivity contribution in [2.45, 2.75) is 44.2 Å². The van der Waals surface area contributed by atoms with Crippen LogP contribution in [0, 0.1) is 5.92 Å².